The van der Waals surface area contributed by atoms with Gasteiger partial charge in [-0.25, -0.2) is 18.8 Å². The minimum Gasteiger partial charge on any atom is -1.00 e. The van der Waals surface area contributed by atoms with Gasteiger partial charge in [0.25, 0.3) is 0 Å². The number of halogens is 4. The number of anilines is 2. The second-order valence-corrected chi connectivity index (χ2v) is 12.5. The lowest BCUT2D eigenvalue weighted by Crippen LogP contribution is -3.00. The quantitative estimate of drug-likeness (QED) is 0.170. The van der Waals surface area contributed by atoms with E-state index in [9.17, 15) is 32.8 Å². The number of likely N-dealkylation sites (N-methyl/N-ethyl adjacent to an activating group) is 1. The Morgan fingerprint density at radius 3 is 2.33 bits per heavy atom. The number of carbonyl (C=O) groups excluding carboxylic acids is 2. The van der Waals surface area contributed by atoms with E-state index in [4.69, 9.17) is 4.74 Å². The van der Waals surface area contributed by atoms with Gasteiger partial charge < -0.3 is 26.5 Å². The van der Waals surface area contributed by atoms with Gasteiger partial charge in [-0.15, -0.1) is 5.10 Å². The van der Waals surface area contributed by atoms with Crippen LogP contribution >= 0.6 is 0 Å². The molecule has 3 aromatic rings. The third kappa shape index (κ3) is 8.26. The van der Waals surface area contributed by atoms with Crippen molar-refractivity contribution in [3.05, 3.63) is 87.0 Å². The summed E-state index contributed by atoms with van der Waals surface area (Å²) < 4.78 is 49.3. The third-order valence-electron chi connectivity index (χ3n) is 8.04. The summed E-state index contributed by atoms with van der Waals surface area (Å²) in [6.45, 7) is 2.55. The van der Waals surface area contributed by atoms with E-state index in [1.807, 2.05) is 6.07 Å². The minimum absolute atomic E-state index is 0. The molecule has 258 valence electrons. The molecule has 0 spiro atoms. The number of rotatable bonds is 11. The molecule has 11 nitrogen and oxygen atoms in total. The second kappa shape index (κ2) is 15.1. The van der Waals surface area contributed by atoms with E-state index < -0.39 is 36.0 Å². The fourth-order valence-corrected chi connectivity index (χ4v) is 5.53. The molecule has 0 N–H and O–H groups in total. The fraction of sp³-hybridized carbons (Fsp3) is 0.424. The van der Waals surface area contributed by atoms with Crippen LogP contribution in [0.15, 0.2) is 64.6 Å². The Labute approximate surface area is 283 Å². The van der Waals surface area contributed by atoms with E-state index in [1.165, 1.54) is 45.6 Å². The summed E-state index contributed by atoms with van der Waals surface area (Å²) in [5.41, 5.74) is -0.799. The van der Waals surface area contributed by atoms with Crippen molar-refractivity contribution in [1.82, 2.24) is 19.2 Å². The molecule has 0 bridgehead atoms. The number of alkyl halides is 3. The van der Waals surface area contributed by atoms with Gasteiger partial charge in [-0.2, -0.15) is 18.4 Å². The number of aromatic nitrogens is 3. The average molecular weight is 690 g/mol. The zero-order chi connectivity index (χ0) is 34.7. The van der Waals surface area contributed by atoms with E-state index in [0.29, 0.717) is 17.7 Å². The molecular weight excluding hydrogens is 651 g/mol. The summed E-state index contributed by atoms with van der Waals surface area (Å²) in [5.74, 6) is -1.29. The van der Waals surface area contributed by atoms with Crippen molar-refractivity contribution in [1.29, 1.82) is 5.26 Å². The van der Waals surface area contributed by atoms with Crippen LogP contribution in [0.1, 0.15) is 48.9 Å². The zero-order valence-corrected chi connectivity index (χ0v) is 28.5. The van der Waals surface area contributed by atoms with Crippen LogP contribution in [0, 0.1) is 11.3 Å². The van der Waals surface area contributed by atoms with E-state index >= 15 is 0 Å². The second-order valence-electron chi connectivity index (χ2n) is 12.5. The predicted octanol–water partition coefficient (Wildman–Crippen LogP) is 1.46. The van der Waals surface area contributed by atoms with Crippen LogP contribution in [0.5, 0.6) is 0 Å². The number of hydrogen-bond acceptors (Lipinski definition) is 7. The Morgan fingerprint density at radius 2 is 1.75 bits per heavy atom. The molecule has 1 amide bonds. The highest BCUT2D eigenvalue weighted by molar-refractivity contribution is 5.93. The van der Waals surface area contributed by atoms with E-state index in [1.54, 1.807) is 19.2 Å². The number of nitrogens with zero attached hydrogens (tertiary/aromatic N) is 7. The van der Waals surface area contributed by atoms with Crippen molar-refractivity contribution in [2.24, 2.45) is 0 Å². The summed E-state index contributed by atoms with van der Waals surface area (Å²) >= 11 is 0. The largest absolute Gasteiger partial charge is 1.00 e. The van der Waals surface area contributed by atoms with Crippen molar-refractivity contribution in [3.8, 4) is 6.07 Å². The van der Waals surface area contributed by atoms with Crippen molar-refractivity contribution >= 4 is 23.5 Å². The van der Waals surface area contributed by atoms with Crippen LogP contribution in [-0.2, 0) is 27.0 Å². The Hall–Kier alpha value is -4.61. The van der Waals surface area contributed by atoms with Crippen LogP contribution in [0.25, 0.3) is 0 Å². The third-order valence-corrected chi connectivity index (χ3v) is 8.04. The van der Waals surface area contributed by atoms with Crippen LogP contribution in [0.4, 0.5) is 24.8 Å². The monoisotopic (exact) mass is 689 g/mol. The van der Waals surface area contributed by atoms with E-state index in [2.05, 4.69) is 26.2 Å². The number of ether oxygens (including phenoxy) is 1. The summed E-state index contributed by atoms with van der Waals surface area (Å²) in [7, 11) is 9.14. The maximum Gasteiger partial charge on any atom is 0.416 e. The molecule has 2 aromatic carbocycles. The highest BCUT2D eigenvalue weighted by atomic mass is 35.5. The lowest BCUT2D eigenvalue weighted by atomic mass is 9.93. The van der Waals surface area contributed by atoms with Crippen LogP contribution in [0.3, 0.4) is 0 Å². The number of nitriles is 1. The molecule has 1 aliphatic heterocycles. The molecule has 1 aliphatic rings. The molecule has 1 aromatic heterocycles. The van der Waals surface area contributed by atoms with Gasteiger partial charge >= 0.3 is 17.8 Å². The molecule has 2 heterocycles. The highest BCUT2D eigenvalue weighted by Gasteiger charge is 2.41. The molecular formula is C33H39ClF3N7O4. The summed E-state index contributed by atoms with van der Waals surface area (Å²) in [6, 6.07) is 11.5. The molecule has 4 rings (SSSR count). The van der Waals surface area contributed by atoms with Gasteiger partial charge in [-0.05, 0) is 62.1 Å². The summed E-state index contributed by atoms with van der Waals surface area (Å²) in [6.07, 6.45) is -1.98. The van der Waals surface area contributed by atoms with Crippen LogP contribution in [0.2, 0.25) is 0 Å². The van der Waals surface area contributed by atoms with Gasteiger partial charge in [0, 0.05) is 25.0 Å². The normalized spacial score (nSPS) is 14.6. The SMILES string of the molecule is COC(=O)C1=C(C)N(c2cccc(C(F)(F)F)c2)c2nn(CC(=O)N(C)CCCCC[N+](C)(C)C)c(=O)n2[C@@H]1c1ccc(C#N)cc1.[Cl-]. The Bertz CT molecular complexity index is 1770. The van der Waals surface area contributed by atoms with Gasteiger partial charge in [0.15, 0.2) is 0 Å². The molecule has 48 heavy (non-hydrogen) atoms. The van der Waals surface area contributed by atoms with Crippen molar-refractivity contribution in [2.45, 2.75) is 44.9 Å². The van der Waals surface area contributed by atoms with Gasteiger partial charge in [0.1, 0.15) is 12.6 Å². The smallest absolute Gasteiger partial charge is 0.416 e. The standard InChI is InChI=1S/C33H39F3N7O4.ClH/c1-22-28(30(45)47-6)29(24-15-13-23(20-37)14-16-24)42-31(41(22)26-12-10-11-25(19-26)33(34,35)36)38-40(32(42)46)21-27(44)39(2)17-8-7-9-18-43(3,4)5;/h10-16,19,29H,7-9,17-18,21H2,1-6H3;1H/q+1;/p-1/t29-;/m1./s1. The molecule has 0 radical (unpaired) electrons. The minimum atomic E-state index is -4.67. The Morgan fingerprint density at radius 1 is 1.08 bits per heavy atom. The van der Waals surface area contributed by atoms with E-state index in [0.717, 1.165) is 54.2 Å². The Balaban J connectivity index is 0.00000625. The molecule has 15 heteroatoms. The lowest BCUT2D eigenvalue weighted by molar-refractivity contribution is -0.870. The number of carbonyl (C=O) groups is 2. The maximum atomic E-state index is 14.1. The summed E-state index contributed by atoms with van der Waals surface area (Å²) in [4.78, 5) is 43.5. The van der Waals surface area contributed by atoms with Crippen molar-refractivity contribution in [3.63, 3.8) is 0 Å². The molecule has 0 saturated heterocycles. The predicted molar refractivity (Wildman–Crippen MR) is 168 cm³/mol. The molecule has 1 atom stereocenters. The first kappa shape index (κ1) is 37.8. The first-order valence-corrected chi connectivity index (χ1v) is 15.1. The topological polar surface area (TPSA) is 113 Å². The van der Waals surface area contributed by atoms with Gasteiger partial charge in [0.05, 0.1) is 57.6 Å². The van der Waals surface area contributed by atoms with Crippen molar-refractivity contribution in [2.75, 3.05) is 53.3 Å². The number of amides is 1. The molecule has 0 saturated carbocycles. The van der Waals surface area contributed by atoms with Crippen molar-refractivity contribution < 1.29 is 44.4 Å². The number of fused-ring (bicyclic) bond motifs is 1. The number of methoxy groups -OCH3 is 1. The first-order valence-electron chi connectivity index (χ1n) is 15.1. The number of quaternary nitrogens is 1. The van der Waals surface area contributed by atoms with Crippen LogP contribution < -0.4 is 23.0 Å². The highest BCUT2D eigenvalue weighted by Crippen LogP contribution is 2.43. The number of benzene rings is 2. The number of hydrogen-bond donors (Lipinski definition) is 0. The van der Waals surface area contributed by atoms with Crippen LogP contribution in [-0.4, -0.2) is 84.0 Å². The number of allylic oxidation sites excluding steroid dienone is 1. The first-order chi connectivity index (χ1) is 22.1. The summed E-state index contributed by atoms with van der Waals surface area (Å²) in [5, 5.41) is 13.8. The lowest BCUT2D eigenvalue weighted by Gasteiger charge is -2.35. The molecule has 0 fully saturated rings. The fourth-order valence-electron chi connectivity index (χ4n) is 5.53. The number of esters is 1. The Kier molecular flexibility index (Phi) is 11.9. The van der Waals surface area contributed by atoms with Gasteiger partial charge in [-0.3, -0.25) is 9.69 Å². The maximum absolute atomic E-state index is 14.1. The molecule has 0 aliphatic carbocycles. The van der Waals surface area contributed by atoms with Gasteiger partial charge in [-0.1, -0.05) is 18.2 Å². The zero-order valence-electron chi connectivity index (χ0n) is 27.7. The van der Waals surface area contributed by atoms with E-state index in [-0.39, 0.29) is 41.2 Å². The number of unbranched alkanes of at least 4 members (excludes halogenated alkanes) is 2. The average Bonchev–Trinajstić information content (AvgIpc) is 3.33. The molecule has 0 unspecified atom stereocenters. The van der Waals surface area contributed by atoms with Gasteiger partial charge in [0.2, 0.25) is 11.9 Å².